The Kier molecular flexibility index (Phi) is 8.22. The molecule has 2 aromatic carbocycles. The molecule has 0 spiro atoms. The Bertz CT molecular complexity index is 935. The minimum Gasteiger partial charge on any atom is -0.494 e. The number of nitro benzene ring substituents is 1. The molecule has 172 valence electrons. The number of nitrogens with zero attached hydrogens (tertiary/aromatic N) is 2. The van der Waals surface area contributed by atoms with Crippen molar-refractivity contribution in [2.45, 2.75) is 46.5 Å². The summed E-state index contributed by atoms with van der Waals surface area (Å²) in [5.41, 5.74) is 3.29. The fourth-order valence-corrected chi connectivity index (χ4v) is 4.17. The molecule has 1 N–H and O–H groups in total. The van der Waals surface area contributed by atoms with E-state index < -0.39 is 4.92 Å². The van der Waals surface area contributed by atoms with Crippen molar-refractivity contribution in [3.63, 3.8) is 0 Å². The van der Waals surface area contributed by atoms with Crippen LogP contribution in [0.1, 0.15) is 42.9 Å². The molecular weight excluding hydrogens is 406 g/mol. The smallest absolute Gasteiger partial charge is 0.293 e. The van der Waals surface area contributed by atoms with Crippen LogP contribution in [0.4, 0.5) is 11.4 Å². The van der Waals surface area contributed by atoms with E-state index in [0.29, 0.717) is 12.5 Å². The zero-order chi connectivity index (χ0) is 23.1. The van der Waals surface area contributed by atoms with Crippen LogP contribution in [-0.4, -0.2) is 42.0 Å². The van der Waals surface area contributed by atoms with Gasteiger partial charge in [-0.3, -0.25) is 19.8 Å². The van der Waals surface area contributed by atoms with Crippen molar-refractivity contribution < 1.29 is 14.5 Å². The first kappa shape index (κ1) is 23.7. The van der Waals surface area contributed by atoms with Crippen molar-refractivity contribution in [2.75, 3.05) is 31.6 Å². The summed E-state index contributed by atoms with van der Waals surface area (Å²) in [6.07, 6.45) is 4.32. The number of hydrogen-bond acceptors (Lipinski definition) is 5. The molecule has 0 unspecified atom stereocenters. The van der Waals surface area contributed by atoms with Crippen molar-refractivity contribution in [1.82, 2.24) is 4.90 Å². The Balaban J connectivity index is 1.44. The first-order valence-electron chi connectivity index (χ1n) is 11.3. The number of hydrogen-bond donors (Lipinski definition) is 1. The van der Waals surface area contributed by atoms with Gasteiger partial charge in [-0.25, -0.2) is 0 Å². The highest BCUT2D eigenvalue weighted by molar-refractivity contribution is 5.94. The molecule has 1 fully saturated rings. The first-order chi connectivity index (χ1) is 15.4. The van der Waals surface area contributed by atoms with Crippen LogP contribution in [0, 0.1) is 29.9 Å². The molecular formula is C25H33N3O4. The largest absolute Gasteiger partial charge is 0.494 e. The van der Waals surface area contributed by atoms with Crippen LogP contribution in [-0.2, 0) is 11.2 Å². The molecule has 0 atom stereocenters. The highest BCUT2D eigenvalue weighted by Crippen LogP contribution is 2.28. The van der Waals surface area contributed by atoms with Crippen molar-refractivity contribution in [1.29, 1.82) is 0 Å². The quantitative estimate of drug-likeness (QED) is 0.444. The van der Waals surface area contributed by atoms with Gasteiger partial charge in [0.2, 0.25) is 5.91 Å². The second-order valence-corrected chi connectivity index (χ2v) is 8.59. The number of carbonyl (C=O) groups is 1. The Morgan fingerprint density at radius 3 is 2.44 bits per heavy atom. The van der Waals surface area contributed by atoms with Gasteiger partial charge in [0.1, 0.15) is 11.4 Å². The van der Waals surface area contributed by atoms with Crippen molar-refractivity contribution >= 4 is 17.3 Å². The minimum absolute atomic E-state index is 0.0607. The number of nitrogens with one attached hydrogen (secondary N) is 1. The Hall–Kier alpha value is -2.93. The molecule has 1 aliphatic rings. The van der Waals surface area contributed by atoms with Gasteiger partial charge in [-0.15, -0.1) is 0 Å². The number of nitro groups is 1. The molecule has 3 rings (SSSR count). The number of anilines is 1. The fraction of sp³-hybridized carbons (Fsp3) is 0.480. The number of aryl methyl sites for hydroxylation is 3. The van der Waals surface area contributed by atoms with E-state index in [9.17, 15) is 14.9 Å². The van der Waals surface area contributed by atoms with E-state index >= 15 is 0 Å². The highest BCUT2D eigenvalue weighted by atomic mass is 16.6. The van der Waals surface area contributed by atoms with E-state index in [0.717, 1.165) is 55.6 Å². The van der Waals surface area contributed by atoms with Crippen molar-refractivity contribution in [2.24, 2.45) is 5.92 Å². The second kappa shape index (κ2) is 11.1. The molecule has 7 heteroatoms. The molecule has 1 amide bonds. The lowest BCUT2D eigenvalue weighted by Crippen LogP contribution is -2.39. The van der Waals surface area contributed by atoms with E-state index in [1.165, 1.54) is 11.6 Å². The number of amides is 1. The summed E-state index contributed by atoms with van der Waals surface area (Å²) in [6.45, 7) is 8.37. The Labute approximate surface area is 189 Å². The first-order valence-corrected chi connectivity index (χ1v) is 11.3. The van der Waals surface area contributed by atoms with Crippen LogP contribution >= 0.6 is 0 Å². The highest BCUT2D eigenvalue weighted by Gasteiger charge is 2.22. The molecule has 1 saturated heterocycles. The number of likely N-dealkylation sites (tertiary alicyclic amines) is 1. The van der Waals surface area contributed by atoms with Gasteiger partial charge < -0.3 is 10.1 Å². The third-order valence-electron chi connectivity index (χ3n) is 6.23. The van der Waals surface area contributed by atoms with Crippen molar-refractivity contribution in [3.8, 4) is 5.75 Å². The summed E-state index contributed by atoms with van der Waals surface area (Å²) in [6, 6.07) is 11.5. The third kappa shape index (κ3) is 6.53. The molecule has 2 aromatic rings. The van der Waals surface area contributed by atoms with E-state index in [2.05, 4.69) is 22.3 Å². The molecule has 0 bridgehead atoms. The van der Waals surface area contributed by atoms with E-state index in [1.807, 2.05) is 32.9 Å². The standard InChI is InChI=1S/C25H33N3O4/c1-4-32-22-9-7-20(8-10-22)5-6-21-11-13-27(14-12-21)17-25(29)26-23-15-18(2)19(3)16-24(23)28(30)31/h7-10,15-16,21H,4-6,11-14,17H2,1-3H3,(H,26,29). The lowest BCUT2D eigenvalue weighted by molar-refractivity contribution is -0.384. The van der Waals surface area contributed by atoms with Crippen LogP contribution in [0.25, 0.3) is 0 Å². The maximum Gasteiger partial charge on any atom is 0.293 e. The maximum atomic E-state index is 12.5. The summed E-state index contributed by atoms with van der Waals surface area (Å²) in [4.78, 5) is 25.6. The average molecular weight is 440 g/mol. The summed E-state index contributed by atoms with van der Waals surface area (Å²) < 4.78 is 5.49. The zero-order valence-electron chi connectivity index (χ0n) is 19.2. The SMILES string of the molecule is CCOc1ccc(CCC2CCN(CC(=O)Nc3cc(C)c(C)cc3[N+](=O)[O-])CC2)cc1. The molecule has 0 aromatic heterocycles. The van der Waals surface area contributed by atoms with E-state index in [1.54, 1.807) is 6.07 Å². The summed E-state index contributed by atoms with van der Waals surface area (Å²) in [7, 11) is 0. The van der Waals surface area contributed by atoms with Gasteiger partial charge in [0.25, 0.3) is 5.69 Å². The summed E-state index contributed by atoms with van der Waals surface area (Å²) in [5, 5.41) is 14.1. The van der Waals surface area contributed by atoms with Crippen LogP contribution in [0.15, 0.2) is 36.4 Å². The summed E-state index contributed by atoms with van der Waals surface area (Å²) >= 11 is 0. The van der Waals surface area contributed by atoms with E-state index in [4.69, 9.17) is 4.74 Å². The Morgan fingerprint density at radius 1 is 1.16 bits per heavy atom. The fourth-order valence-electron chi connectivity index (χ4n) is 4.17. The topological polar surface area (TPSA) is 84.7 Å². The number of rotatable bonds is 9. The predicted molar refractivity (Wildman–Crippen MR) is 126 cm³/mol. The predicted octanol–water partition coefficient (Wildman–Crippen LogP) is 4.89. The van der Waals surface area contributed by atoms with Crippen LogP contribution in [0.5, 0.6) is 5.75 Å². The van der Waals surface area contributed by atoms with Gasteiger partial charge in [0.15, 0.2) is 0 Å². The molecule has 0 aliphatic carbocycles. The molecule has 0 radical (unpaired) electrons. The second-order valence-electron chi connectivity index (χ2n) is 8.59. The van der Waals surface area contributed by atoms with Gasteiger partial charge in [0.05, 0.1) is 18.1 Å². The lowest BCUT2D eigenvalue weighted by Gasteiger charge is -2.31. The minimum atomic E-state index is -0.447. The number of ether oxygens (including phenoxy) is 1. The molecule has 32 heavy (non-hydrogen) atoms. The van der Waals surface area contributed by atoms with Gasteiger partial charge in [-0.1, -0.05) is 12.1 Å². The number of piperidine rings is 1. The van der Waals surface area contributed by atoms with Crippen molar-refractivity contribution in [3.05, 3.63) is 63.2 Å². The number of carbonyl (C=O) groups excluding carboxylic acids is 1. The van der Waals surface area contributed by atoms with Gasteiger partial charge in [-0.05, 0) is 100 Å². The molecule has 0 saturated carbocycles. The van der Waals surface area contributed by atoms with E-state index in [-0.39, 0.29) is 23.8 Å². The molecule has 7 nitrogen and oxygen atoms in total. The van der Waals surface area contributed by atoms with Gasteiger partial charge in [-0.2, -0.15) is 0 Å². The molecule has 1 heterocycles. The Morgan fingerprint density at radius 2 is 1.81 bits per heavy atom. The third-order valence-corrected chi connectivity index (χ3v) is 6.23. The van der Waals surface area contributed by atoms with Crippen LogP contribution < -0.4 is 10.1 Å². The van der Waals surface area contributed by atoms with Gasteiger partial charge in [0, 0.05) is 6.07 Å². The lowest BCUT2D eigenvalue weighted by atomic mass is 9.90. The van der Waals surface area contributed by atoms with Crippen LogP contribution in [0.3, 0.4) is 0 Å². The van der Waals surface area contributed by atoms with Crippen LogP contribution in [0.2, 0.25) is 0 Å². The summed E-state index contributed by atoms with van der Waals surface area (Å²) in [5.74, 6) is 1.36. The zero-order valence-corrected chi connectivity index (χ0v) is 19.2. The normalized spacial score (nSPS) is 14.8. The average Bonchev–Trinajstić information content (AvgIpc) is 2.76. The van der Waals surface area contributed by atoms with Gasteiger partial charge >= 0.3 is 0 Å². The maximum absolute atomic E-state index is 12.5. The number of benzene rings is 2. The monoisotopic (exact) mass is 439 g/mol. The molecule has 1 aliphatic heterocycles.